The van der Waals surface area contributed by atoms with Crippen LogP contribution in [0.3, 0.4) is 0 Å². The van der Waals surface area contributed by atoms with Gasteiger partial charge in [0, 0.05) is 43.7 Å². The number of rotatable bonds is 2. The summed E-state index contributed by atoms with van der Waals surface area (Å²) in [6.45, 7) is 0. The van der Waals surface area contributed by atoms with Crippen molar-refractivity contribution in [3.8, 4) is 11.4 Å². The van der Waals surface area contributed by atoms with Crippen LogP contribution in [0.1, 0.15) is 0 Å². The Kier molecular flexibility index (Phi) is 7.10. The van der Waals surface area contributed by atoms with Crippen LogP contribution in [0, 0.1) is 0 Å². The zero-order chi connectivity index (χ0) is 44.2. The molecule has 16 aromatic rings. The predicted octanol–water partition coefficient (Wildman–Crippen LogP) is 18.3. The highest BCUT2D eigenvalue weighted by Gasteiger charge is 2.26. The van der Waals surface area contributed by atoms with E-state index >= 15 is 0 Å². The van der Waals surface area contributed by atoms with Gasteiger partial charge in [-0.1, -0.05) is 194 Å². The van der Waals surface area contributed by atoms with Crippen LogP contribution in [-0.4, -0.2) is 9.13 Å². The van der Waals surface area contributed by atoms with Crippen molar-refractivity contribution >= 4 is 141 Å². The summed E-state index contributed by atoms with van der Waals surface area (Å²) in [4.78, 5) is 0. The van der Waals surface area contributed by atoms with E-state index in [0.717, 1.165) is 11.4 Å². The normalized spacial score (nSPS) is 12.4. The molecule has 0 bridgehead atoms. The van der Waals surface area contributed by atoms with Crippen LogP contribution in [0.2, 0.25) is 0 Å². The van der Waals surface area contributed by atoms with Crippen molar-refractivity contribution in [3.63, 3.8) is 0 Å². The van der Waals surface area contributed by atoms with Gasteiger partial charge in [0.15, 0.2) is 0 Å². The summed E-state index contributed by atoms with van der Waals surface area (Å²) in [5, 5.41) is 27.9. The number of hydrogen-bond donors (Lipinski definition) is 0. The summed E-state index contributed by atoms with van der Waals surface area (Å²) >= 11 is 0. The zero-order valence-corrected chi connectivity index (χ0v) is 36.8. The first-order chi connectivity index (χ1) is 33.8. The summed E-state index contributed by atoms with van der Waals surface area (Å²) in [7, 11) is 0. The maximum absolute atomic E-state index is 2.58. The molecule has 0 aliphatic heterocycles. The molecule has 2 heteroatoms. The standard InChI is InChI=1S/C66H38N2/c1-3-21-45-41(17-1)43-19-5-7-23-47(43)57-37-39(33-35-49(45)57)67-59-31-15-13-29-55(59)61-51-25-9-12-28-54(51)64-63(65(61)67)53-27-11-10-26-52(53)62-56-30-14-16-32-60(56)68(66(62)64)40-34-36-50-46-22-4-2-18-42(46)44-20-6-8-24-48(44)58(50)38-40/h1-38H. The maximum atomic E-state index is 2.58. The maximum Gasteiger partial charge on any atom is 0.0633 e. The number of benzene rings is 14. The van der Waals surface area contributed by atoms with E-state index < -0.39 is 0 Å². The molecule has 0 spiro atoms. The van der Waals surface area contributed by atoms with Gasteiger partial charge in [-0.2, -0.15) is 0 Å². The highest BCUT2D eigenvalue weighted by molar-refractivity contribution is 6.44. The van der Waals surface area contributed by atoms with Crippen molar-refractivity contribution in [2.45, 2.75) is 0 Å². The Morgan fingerprint density at radius 1 is 0.176 bits per heavy atom. The molecule has 0 unspecified atom stereocenters. The van der Waals surface area contributed by atoms with Gasteiger partial charge in [0.1, 0.15) is 0 Å². The van der Waals surface area contributed by atoms with Crippen molar-refractivity contribution in [2.75, 3.05) is 0 Å². The van der Waals surface area contributed by atoms with Gasteiger partial charge in [-0.25, -0.2) is 0 Å². The molecule has 2 heterocycles. The third-order valence-electron chi connectivity index (χ3n) is 15.4. The Bertz CT molecular complexity index is 4530. The Morgan fingerprint density at radius 2 is 0.412 bits per heavy atom. The van der Waals surface area contributed by atoms with Crippen molar-refractivity contribution < 1.29 is 0 Å². The minimum atomic E-state index is 1.15. The van der Waals surface area contributed by atoms with Crippen LogP contribution in [0.4, 0.5) is 0 Å². The molecule has 0 saturated heterocycles. The third-order valence-corrected chi connectivity index (χ3v) is 15.4. The lowest BCUT2D eigenvalue weighted by molar-refractivity contribution is 1.19. The van der Waals surface area contributed by atoms with Gasteiger partial charge in [0.25, 0.3) is 0 Å². The first-order valence-electron chi connectivity index (χ1n) is 23.7. The molecule has 0 fully saturated rings. The fourth-order valence-corrected chi connectivity index (χ4v) is 12.7. The molecule has 2 aromatic heterocycles. The molecule has 0 aliphatic carbocycles. The van der Waals surface area contributed by atoms with Gasteiger partial charge >= 0.3 is 0 Å². The molecular formula is C66H38N2. The van der Waals surface area contributed by atoms with Crippen LogP contribution in [0.25, 0.3) is 152 Å². The zero-order valence-electron chi connectivity index (χ0n) is 36.8. The van der Waals surface area contributed by atoms with Crippen LogP contribution >= 0.6 is 0 Å². The Hall–Kier alpha value is -8.98. The van der Waals surface area contributed by atoms with E-state index in [-0.39, 0.29) is 0 Å². The predicted molar refractivity (Wildman–Crippen MR) is 293 cm³/mol. The number of aromatic nitrogens is 2. The summed E-state index contributed by atoms with van der Waals surface area (Å²) in [6.07, 6.45) is 0. The number of nitrogens with zero attached hydrogens (tertiary/aromatic N) is 2. The molecule has 14 aromatic carbocycles. The molecule has 0 atom stereocenters. The largest absolute Gasteiger partial charge is 0.309 e. The van der Waals surface area contributed by atoms with Gasteiger partial charge in [0.2, 0.25) is 0 Å². The van der Waals surface area contributed by atoms with Crippen LogP contribution in [0.15, 0.2) is 231 Å². The number of hydrogen-bond acceptors (Lipinski definition) is 0. The summed E-state index contributed by atoms with van der Waals surface area (Å²) < 4.78 is 5.17. The topological polar surface area (TPSA) is 9.86 Å². The Labute approximate surface area is 389 Å². The summed E-state index contributed by atoms with van der Waals surface area (Å²) in [6, 6.07) is 86.4. The molecule has 0 aliphatic rings. The molecule has 0 N–H and O–H groups in total. The fourth-order valence-electron chi connectivity index (χ4n) is 12.7. The summed E-state index contributed by atoms with van der Waals surface area (Å²) in [5.41, 5.74) is 7.16. The van der Waals surface area contributed by atoms with Gasteiger partial charge < -0.3 is 9.13 Å². The second-order valence-corrected chi connectivity index (χ2v) is 18.6. The lowest BCUT2D eigenvalue weighted by Gasteiger charge is -2.18. The van der Waals surface area contributed by atoms with Crippen molar-refractivity contribution in [2.24, 2.45) is 0 Å². The number of para-hydroxylation sites is 2. The van der Waals surface area contributed by atoms with Crippen molar-refractivity contribution in [3.05, 3.63) is 231 Å². The fraction of sp³-hybridized carbons (Fsp3) is 0. The lowest BCUT2D eigenvalue weighted by Crippen LogP contribution is -1.98. The van der Waals surface area contributed by atoms with Crippen LogP contribution < -0.4 is 0 Å². The van der Waals surface area contributed by atoms with Crippen LogP contribution in [0.5, 0.6) is 0 Å². The van der Waals surface area contributed by atoms with E-state index in [4.69, 9.17) is 0 Å². The summed E-state index contributed by atoms with van der Waals surface area (Å²) in [5.74, 6) is 0. The molecule has 68 heavy (non-hydrogen) atoms. The van der Waals surface area contributed by atoms with E-state index in [1.165, 1.54) is 141 Å². The van der Waals surface area contributed by atoms with Gasteiger partial charge in [-0.05, 0) is 123 Å². The quantitative estimate of drug-likeness (QED) is 0.153. The van der Waals surface area contributed by atoms with Crippen molar-refractivity contribution in [1.29, 1.82) is 0 Å². The highest BCUT2D eigenvalue weighted by Crippen LogP contribution is 2.51. The third kappa shape index (κ3) is 4.61. The molecule has 0 amide bonds. The average Bonchev–Trinajstić information content (AvgIpc) is 3.95. The molecule has 312 valence electrons. The molecular weight excluding hydrogens is 821 g/mol. The van der Waals surface area contributed by atoms with E-state index in [1.807, 2.05) is 0 Å². The first-order valence-corrected chi connectivity index (χ1v) is 23.7. The van der Waals surface area contributed by atoms with E-state index in [1.54, 1.807) is 0 Å². The minimum absolute atomic E-state index is 1.15. The highest BCUT2D eigenvalue weighted by atomic mass is 15.0. The Morgan fingerprint density at radius 3 is 0.735 bits per heavy atom. The molecule has 16 rings (SSSR count). The molecule has 0 saturated carbocycles. The SMILES string of the molecule is c1ccc2c(c1)c1ccccc1c1cc(-n3c4ccccc4c4c5ccccc5c5c(c6ccccc6c6c7ccccc7n(-c7ccc8c9ccccc9c9ccccc9c8c7)c65)c43)ccc21. The average molecular weight is 859 g/mol. The number of fused-ring (bicyclic) bond motifs is 27. The van der Waals surface area contributed by atoms with Crippen LogP contribution in [-0.2, 0) is 0 Å². The van der Waals surface area contributed by atoms with Gasteiger partial charge in [-0.15, -0.1) is 0 Å². The second-order valence-electron chi connectivity index (χ2n) is 18.6. The smallest absolute Gasteiger partial charge is 0.0633 e. The second kappa shape index (κ2) is 13.3. The monoisotopic (exact) mass is 858 g/mol. The molecule has 0 radical (unpaired) electrons. The van der Waals surface area contributed by atoms with E-state index in [2.05, 4.69) is 240 Å². The van der Waals surface area contributed by atoms with E-state index in [9.17, 15) is 0 Å². The minimum Gasteiger partial charge on any atom is -0.309 e. The first kappa shape index (κ1) is 36.3. The molecule has 2 nitrogen and oxygen atoms in total. The van der Waals surface area contributed by atoms with Gasteiger partial charge in [0.05, 0.1) is 22.1 Å². The Balaban J connectivity index is 1.13. The van der Waals surface area contributed by atoms with Crippen molar-refractivity contribution in [1.82, 2.24) is 9.13 Å². The van der Waals surface area contributed by atoms with E-state index in [0.29, 0.717) is 0 Å². The lowest BCUT2D eigenvalue weighted by atomic mass is 9.90. The van der Waals surface area contributed by atoms with Gasteiger partial charge in [-0.3, -0.25) is 0 Å².